The van der Waals surface area contributed by atoms with Crippen molar-refractivity contribution >= 4 is 28.2 Å². The van der Waals surface area contributed by atoms with Crippen molar-refractivity contribution in [3.8, 4) is 11.5 Å². The molecule has 182 valence electrons. The van der Waals surface area contributed by atoms with E-state index in [2.05, 4.69) is 20.1 Å². The highest BCUT2D eigenvalue weighted by Gasteiger charge is 2.26. The maximum atomic E-state index is 15.1. The van der Waals surface area contributed by atoms with Crippen LogP contribution in [0, 0.1) is 12.4 Å². The molecule has 1 aliphatic rings. The molecule has 0 aliphatic carbocycles. The zero-order valence-corrected chi connectivity index (χ0v) is 19.2. The molecule has 3 heterocycles. The lowest BCUT2D eigenvalue weighted by atomic mass is 10.0. The van der Waals surface area contributed by atoms with E-state index in [0.717, 1.165) is 6.42 Å². The second kappa shape index (κ2) is 10.2. The van der Waals surface area contributed by atoms with Crippen LogP contribution < -0.4 is 10.1 Å². The van der Waals surface area contributed by atoms with Crippen molar-refractivity contribution in [3.05, 3.63) is 89.3 Å². The van der Waals surface area contributed by atoms with Crippen molar-refractivity contribution in [1.82, 2.24) is 9.97 Å². The molecule has 0 spiro atoms. The van der Waals surface area contributed by atoms with Gasteiger partial charge in [-0.1, -0.05) is 18.2 Å². The first kappa shape index (κ1) is 23.5. The second-order valence-corrected chi connectivity index (χ2v) is 8.50. The number of aliphatic hydroxyl groups excluding tert-OH is 1. The highest BCUT2D eigenvalue weighted by molar-refractivity contribution is 6.19. The Morgan fingerprint density at radius 3 is 2.75 bits per heavy atom. The fraction of sp³-hybridized carbons (Fsp3) is 0.222. The zero-order valence-electron chi connectivity index (χ0n) is 19.2. The van der Waals surface area contributed by atoms with Gasteiger partial charge in [-0.05, 0) is 37.1 Å². The van der Waals surface area contributed by atoms with E-state index in [1.54, 1.807) is 12.1 Å². The van der Waals surface area contributed by atoms with Crippen LogP contribution in [0.1, 0.15) is 28.8 Å². The van der Waals surface area contributed by atoms with Gasteiger partial charge in [-0.15, -0.1) is 0 Å². The Morgan fingerprint density at radius 1 is 1.22 bits per heavy atom. The fourth-order valence-corrected chi connectivity index (χ4v) is 4.28. The summed E-state index contributed by atoms with van der Waals surface area (Å²) in [5.41, 5.74) is 1.17. The summed E-state index contributed by atoms with van der Waals surface area (Å²) in [5, 5.41) is 13.1. The molecular weight excluding hydrogens is 463 g/mol. The SMILES string of the molecule is [C-]#[N+]c1cnc2[nH]cc(C(=O)c3ccc(Oc4ccccc4)cc3F)c2c1N[C@@H]1CC[C@@H](CO)OC1. The smallest absolute Gasteiger partial charge is 0.228 e. The number of rotatable bonds is 7. The van der Waals surface area contributed by atoms with E-state index in [9.17, 15) is 9.90 Å². The van der Waals surface area contributed by atoms with Crippen LogP contribution in [0.4, 0.5) is 15.8 Å². The van der Waals surface area contributed by atoms with Crippen LogP contribution in [0.15, 0.2) is 60.9 Å². The number of benzene rings is 2. The number of para-hydroxylation sites is 1. The Bertz CT molecular complexity index is 1440. The monoisotopic (exact) mass is 486 g/mol. The number of nitrogens with one attached hydrogen (secondary N) is 2. The summed E-state index contributed by atoms with van der Waals surface area (Å²) in [6, 6.07) is 12.9. The quantitative estimate of drug-likeness (QED) is 0.244. The fourth-order valence-electron chi connectivity index (χ4n) is 4.28. The predicted molar refractivity (Wildman–Crippen MR) is 132 cm³/mol. The molecule has 0 radical (unpaired) electrons. The Kier molecular flexibility index (Phi) is 6.62. The third-order valence-electron chi connectivity index (χ3n) is 6.13. The normalized spacial score (nSPS) is 17.5. The second-order valence-electron chi connectivity index (χ2n) is 8.50. The number of aromatic nitrogens is 2. The van der Waals surface area contributed by atoms with Crippen LogP contribution >= 0.6 is 0 Å². The number of anilines is 1. The highest BCUT2D eigenvalue weighted by atomic mass is 19.1. The molecule has 8 nitrogen and oxygen atoms in total. The van der Waals surface area contributed by atoms with Gasteiger partial charge in [0.1, 0.15) is 23.0 Å². The van der Waals surface area contributed by atoms with E-state index in [0.29, 0.717) is 35.5 Å². The van der Waals surface area contributed by atoms with Gasteiger partial charge in [0.05, 0.1) is 42.7 Å². The lowest BCUT2D eigenvalue weighted by molar-refractivity contribution is -0.0223. The maximum absolute atomic E-state index is 15.1. The van der Waals surface area contributed by atoms with E-state index >= 15 is 4.39 Å². The molecule has 0 bridgehead atoms. The number of carbonyl (C=O) groups excluding carboxylic acids is 1. The molecule has 3 N–H and O–H groups in total. The van der Waals surface area contributed by atoms with Gasteiger partial charge in [0.25, 0.3) is 0 Å². The average molecular weight is 487 g/mol. The Hall–Kier alpha value is -4.26. The molecule has 2 atom stereocenters. The van der Waals surface area contributed by atoms with Gasteiger partial charge in [-0.25, -0.2) is 14.2 Å². The third-order valence-corrected chi connectivity index (χ3v) is 6.13. The third kappa shape index (κ3) is 4.64. The van der Waals surface area contributed by atoms with Crippen LogP contribution in [0.5, 0.6) is 11.5 Å². The first-order valence-corrected chi connectivity index (χ1v) is 11.5. The van der Waals surface area contributed by atoms with Crippen LogP contribution in [0.3, 0.4) is 0 Å². The summed E-state index contributed by atoms with van der Waals surface area (Å²) in [5.74, 6) is -0.440. The Labute approximate surface area is 206 Å². The number of ether oxygens (including phenoxy) is 2. The molecule has 4 aromatic rings. The van der Waals surface area contributed by atoms with Crippen molar-refractivity contribution in [2.45, 2.75) is 25.0 Å². The molecule has 0 saturated carbocycles. The van der Waals surface area contributed by atoms with Gasteiger partial charge in [0.15, 0.2) is 5.78 Å². The van der Waals surface area contributed by atoms with Gasteiger partial charge < -0.3 is 24.9 Å². The van der Waals surface area contributed by atoms with Crippen molar-refractivity contribution in [2.75, 3.05) is 18.5 Å². The molecule has 1 fully saturated rings. The molecular formula is C27H23FN4O4. The molecule has 0 amide bonds. The molecule has 2 aromatic carbocycles. The van der Waals surface area contributed by atoms with Gasteiger partial charge in [-0.2, -0.15) is 0 Å². The number of aliphatic hydroxyl groups is 1. The number of nitrogens with zero attached hydrogens (tertiary/aromatic N) is 2. The summed E-state index contributed by atoms with van der Waals surface area (Å²) in [7, 11) is 0. The molecule has 9 heteroatoms. The summed E-state index contributed by atoms with van der Waals surface area (Å²) in [4.78, 5) is 24.3. The number of hydrogen-bond acceptors (Lipinski definition) is 6. The van der Waals surface area contributed by atoms with Gasteiger partial charge in [0, 0.05) is 29.9 Å². The predicted octanol–water partition coefficient (Wildman–Crippen LogP) is 5.23. The average Bonchev–Trinajstić information content (AvgIpc) is 3.34. The minimum Gasteiger partial charge on any atom is -0.457 e. The maximum Gasteiger partial charge on any atom is 0.228 e. The minimum absolute atomic E-state index is 0.0449. The van der Waals surface area contributed by atoms with Crippen LogP contribution in [0.25, 0.3) is 15.9 Å². The molecule has 36 heavy (non-hydrogen) atoms. The number of carbonyl (C=O) groups is 1. The lowest BCUT2D eigenvalue weighted by Gasteiger charge is -2.29. The van der Waals surface area contributed by atoms with Crippen molar-refractivity contribution in [3.63, 3.8) is 0 Å². The van der Waals surface area contributed by atoms with Crippen molar-refractivity contribution < 1.29 is 23.8 Å². The first-order chi connectivity index (χ1) is 17.6. The topological polar surface area (TPSA) is 101 Å². The summed E-state index contributed by atoms with van der Waals surface area (Å²) >= 11 is 0. The number of halogens is 1. The number of pyridine rings is 1. The van der Waals surface area contributed by atoms with Gasteiger partial charge in [-0.3, -0.25) is 4.79 Å². The Balaban J connectivity index is 1.47. The number of H-pyrrole nitrogens is 1. The zero-order chi connectivity index (χ0) is 25.1. The van der Waals surface area contributed by atoms with E-state index in [1.165, 1.54) is 30.6 Å². The van der Waals surface area contributed by atoms with Crippen molar-refractivity contribution in [2.24, 2.45) is 0 Å². The largest absolute Gasteiger partial charge is 0.457 e. The molecule has 5 rings (SSSR count). The van der Waals surface area contributed by atoms with E-state index in [-0.39, 0.29) is 41.3 Å². The van der Waals surface area contributed by atoms with Gasteiger partial charge >= 0.3 is 0 Å². The highest BCUT2D eigenvalue weighted by Crippen LogP contribution is 2.37. The van der Waals surface area contributed by atoms with E-state index < -0.39 is 11.6 Å². The standard InChI is InChI=1S/C27H23FN4O4/c1-29-23-13-31-27-24(25(23)32-16-7-8-19(14-33)35-15-16)21(12-30-27)26(34)20-10-9-18(11-22(20)28)36-17-5-3-2-4-6-17/h2-6,9-13,16,19,33H,7-8,14-15H2,(H2,30,31,32)/t16-,19+/m1/s1. The number of aromatic amines is 1. The van der Waals surface area contributed by atoms with E-state index in [1.807, 2.05) is 18.2 Å². The number of hydrogen-bond donors (Lipinski definition) is 3. The summed E-state index contributed by atoms with van der Waals surface area (Å²) in [6.07, 6.45) is 4.09. The lowest BCUT2D eigenvalue weighted by Crippen LogP contribution is -2.36. The van der Waals surface area contributed by atoms with Crippen molar-refractivity contribution in [1.29, 1.82) is 0 Å². The number of fused-ring (bicyclic) bond motifs is 1. The van der Waals surface area contributed by atoms with Crippen LogP contribution in [-0.4, -0.2) is 46.2 Å². The Morgan fingerprint density at radius 2 is 2.06 bits per heavy atom. The first-order valence-electron chi connectivity index (χ1n) is 11.5. The van der Waals surface area contributed by atoms with Crippen LogP contribution in [-0.2, 0) is 4.74 Å². The minimum atomic E-state index is -0.720. The van der Waals surface area contributed by atoms with E-state index in [4.69, 9.17) is 16.0 Å². The number of ketones is 1. The van der Waals surface area contributed by atoms with Gasteiger partial charge in [0.2, 0.25) is 5.69 Å². The molecule has 1 aliphatic heterocycles. The molecule has 0 unspecified atom stereocenters. The van der Waals surface area contributed by atoms with Crippen LogP contribution in [0.2, 0.25) is 0 Å². The summed E-state index contributed by atoms with van der Waals surface area (Å²) in [6.45, 7) is 7.90. The summed E-state index contributed by atoms with van der Waals surface area (Å²) < 4.78 is 26.4. The molecule has 1 saturated heterocycles. The molecule has 2 aromatic heterocycles.